The van der Waals surface area contributed by atoms with Crippen LogP contribution in [0.15, 0.2) is 47.3 Å². The van der Waals surface area contributed by atoms with Crippen LogP contribution in [0.1, 0.15) is 42.3 Å². The Morgan fingerprint density at radius 1 is 1.15 bits per heavy atom. The van der Waals surface area contributed by atoms with Gasteiger partial charge >= 0.3 is 0 Å². The van der Waals surface area contributed by atoms with Gasteiger partial charge in [0.15, 0.2) is 0 Å². The summed E-state index contributed by atoms with van der Waals surface area (Å²) in [5, 5.41) is 5.43. The van der Waals surface area contributed by atoms with Gasteiger partial charge in [0.2, 0.25) is 12.8 Å². The van der Waals surface area contributed by atoms with Crippen LogP contribution >= 0.6 is 0 Å². The second kappa shape index (κ2) is 15.6. The lowest BCUT2D eigenvalue weighted by Crippen LogP contribution is -2.33. The highest BCUT2D eigenvalue weighted by Gasteiger charge is 2.28. The van der Waals surface area contributed by atoms with Crippen LogP contribution in [-0.4, -0.2) is 36.9 Å². The number of amides is 3. The fraction of sp³-hybridized carbons (Fsp3) is 0.286. The van der Waals surface area contributed by atoms with Crippen LogP contribution in [0, 0.1) is 19.7 Å². The van der Waals surface area contributed by atoms with Crippen LogP contribution in [-0.2, 0) is 16.6 Å². The minimum absolute atomic E-state index is 0.0102. The van der Waals surface area contributed by atoms with E-state index in [0.29, 0.717) is 24.5 Å². The van der Waals surface area contributed by atoms with Crippen molar-refractivity contribution in [1.82, 2.24) is 9.88 Å². The van der Waals surface area contributed by atoms with Gasteiger partial charge < -0.3 is 21.1 Å². The molecule has 0 aliphatic rings. The number of rotatable bonds is 8. The number of anilines is 4. The Morgan fingerprint density at radius 2 is 1.79 bits per heavy atom. The molecule has 11 heteroatoms. The van der Waals surface area contributed by atoms with Gasteiger partial charge in [-0.1, -0.05) is 26.0 Å². The number of primary amides is 1. The van der Waals surface area contributed by atoms with Gasteiger partial charge in [0.05, 0.1) is 23.7 Å². The molecular weight excluding hydrogens is 505 g/mol. The number of hydrogen-bond acceptors (Lipinski definition) is 6. The molecule has 0 bridgehead atoms. The van der Waals surface area contributed by atoms with Gasteiger partial charge in [-0.3, -0.25) is 28.6 Å². The average molecular weight is 542 g/mol. The maximum atomic E-state index is 14.6. The summed E-state index contributed by atoms with van der Waals surface area (Å²) in [7, 11) is 2.91. The average Bonchev–Trinajstić information content (AvgIpc) is 2.93. The summed E-state index contributed by atoms with van der Waals surface area (Å²) in [4.78, 5) is 48.4. The molecule has 0 spiro atoms. The van der Waals surface area contributed by atoms with Crippen LogP contribution in [0.4, 0.5) is 27.3 Å². The maximum absolute atomic E-state index is 14.6. The van der Waals surface area contributed by atoms with Gasteiger partial charge in [-0.15, -0.1) is 0 Å². The van der Waals surface area contributed by atoms with Gasteiger partial charge in [0.1, 0.15) is 22.9 Å². The van der Waals surface area contributed by atoms with Crippen LogP contribution in [0.5, 0.6) is 5.75 Å². The van der Waals surface area contributed by atoms with Crippen LogP contribution < -0.4 is 31.6 Å². The molecule has 4 N–H and O–H groups in total. The van der Waals surface area contributed by atoms with Gasteiger partial charge in [-0.05, 0) is 50.6 Å². The number of nitrogens with zero attached hydrogens (tertiary/aromatic N) is 2. The van der Waals surface area contributed by atoms with E-state index in [9.17, 15) is 18.8 Å². The summed E-state index contributed by atoms with van der Waals surface area (Å²) >= 11 is 0. The van der Waals surface area contributed by atoms with Crippen molar-refractivity contribution in [3.05, 3.63) is 75.3 Å². The first kappa shape index (κ1) is 32.4. The van der Waals surface area contributed by atoms with E-state index in [2.05, 4.69) is 16.4 Å². The summed E-state index contributed by atoms with van der Waals surface area (Å²) in [5.74, 6) is -0.541. The van der Waals surface area contributed by atoms with Crippen molar-refractivity contribution in [2.24, 2.45) is 12.8 Å². The number of nitrogens with two attached hydrogens (primary N) is 1. The Hall–Kier alpha value is -4.67. The summed E-state index contributed by atoms with van der Waals surface area (Å²) in [5.41, 5.74) is 5.17. The van der Waals surface area contributed by atoms with Crippen molar-refractivity contribution in [2.45, 2.75) is 34.6 Å². The van der Waals surface area contributed by atoms with E-state index >= 15 is 0 Å². The molecule has 0 radical (unpaired) electrons. The van der Waals surface area contributed by atoms with Crippen molar-refractivity contribution in [1.29, 1.82) is 0 Å². The molecule has 0 unspecified atom stereocenters. The SMILES string of the molecule is CC.CCOc1cccc(N(C=O)c2c(C(=O)NC)c(Nc3ccc(C)cc3F)n(C)c(=O)c2C)c1.NC=O. The van der Waals surface area contributed by atoms with E-state index in [1.165, 1.54) is 42.6 Å². The molecule has 3 rings (SSSR count). The van der Waals surface area contributed by atoms with E-state index in [-0.39, 0.29) is 34.7 Å². The Morgan fingerprint density at radius 3 is 2.33 bits per heavy atom. The van der Waals surface area contributed by atoms with Crippen LogP contribution in [0.2, 0.25) is 0 Å². The van der Waals surface area contributed by atoms with E-state index < -0.39 is 17.3 Å². The summed E-state index contributed by atoms with van der Waals surface area (Å²) in [6.07, 6.45) is 0.773. The molecule has 2 aromatic carbocycles. The molecular formula is C28H36FN5O5. The molecule has 3 aromatic rings. The standard InChI is InChI=1S/C25H27FN4O4.C2H6.CH3NO/c1-6-34-18-9-7-8-17(13-18)30(14-31)22-16(3)25(33)29(5)23(21(22)24(32)27-4)28-20-11-10-15(2)12-19(20)26;1-2;2-1-3/h7-14,28H,6H2,1-5H3,(H,27,32);1-2H3;1H,(H2,2,3). The Balaban J connectivity index is 0.00000142. The molecule has 0 atom stereocenters. The van der Waals surface area contributed by atoms with Crippen molar-refractivity contribution in [3.63, 3.8) is 0 Å². The molecule has 210 valence electrons. The lowest BCUT2D eigenvalue weighted by atomic mass is 10.1. The lowest BCUT2D eigenvalue weighted by Gasteiger charge is -2.26. The van der Waals surface area contributed by atoms with E-state index in [4.69, 9.17) is 9.53 Å². The Labute approximate surface area is 227 Å². The summed E-state index contributed by atoms with van der Waals surface area (Å²) in [6.45, 7) is 9.54. The monoisotopic (exact) mass is 541 g/mol. The topological polar surface area (TPSA) is 136 Å². The van der Waals surface area contributed by atoms with Crippen molar-refractivity contribution in [2.75, 3.05) is 23.9 Å². The number of ether oxygens (including phenoxy) is 1. The van der Waals surface area contributed by atoms with Crippen LogP contribution in [0.3, 0.4) is 0 Å². The van der Waals surface area contributed by atoms with E-state index in [1.807, 2.05) is 20.8 Å². The quantitative estimate of drug-likeness (QED) is 0.368. The smallest absolute Gasteiger partial charge is 0.256 e. The molecule has 0 fully saturated rings. The number of hydrogen-bond donors (Lipinski definition) is 3. The first-order chi connectivity index (χ1) is 18.6. The minimum atomic E-state index is -0.559. The largest absolute Gasteiger partial charge is 0.494 e. The van der Waals surface area contributed by atoms with Gasteiger partial charge in [-0.2, -0.15) is 0 Å². The number of carbonyl (C=O) groups is 3. The first-order valence-corrected chi connectivity index (χ1v) is 12.3. The van der Waals surface area contributed by atoms with Crippen molar-refractivity contribution >= 4 is 41.6 Å². The Kier molecular flexibility index (Phi) is 12.9. The molecule has 1 aromatic heterocycles. The predicted molar refractivity (Wildman–Crippen MR) is 152 cm³/mol. The fourth-order valence-corrected chi connectivity index (χ4v) is 3.69. The lowest BCUT2D eigenvalue weighted by molar-refractivity contribution is -0.107. The Bertz CT molecular complexity index is 1360. The molecule has 0 saturated heterocycles. The van der Waals surface area contributed by atoms with Gasteiger partial charge in [0, 0.05) is 25.7 Å². The summed E-state index contributed by atoms with van der Waals surface area (Å²) in [6, 6.07) is 11.3. The van der Waals surface area contributed by atoms with Crippen molar-refractivity contribution in [3.8, 4) is 5.75 Å². The molecule has 0 aliphatic carbocycles. The van der Waals surface area contributed by atoms with Gasteiger partial charge in [0.25, 0.3) is 11.5 Å². The number of halogens is 1. The van der Waals surface area contributed by atoms with E-state index in [1.54, 1.807) is 37.3 Å². The summed E-state index contributed by atoms with van der Waals surface area (Å²) < 4.78 is 21.4. The molecule has 10 nitrogen and oxygen atoms in total. The first-order valence-electron chi connectivity index (χ1n) is 12.3. The number of pyridine rings is 1. The number of nitrogens with one attached hydrogen (secondary N) is 2. The second-order valence-electron chi connectivity index (χ2n) is 7.79. The number of benzene rings is 2. The zero-order valence-corrected chi connectivity index (χ0v) is 23.3. The predicted octanol–water partition coefficient (Wildman–Crippen LogP) is 4.07. The maximum Gasteiger partial charge on any atom is 0.256 e. The third-order valence-corrected chi connectivity index (χ3v) is 5.37. The fourth-order valence-electron chi connectivity index (χ4n) is 3.69. The van der Waals surface area contributed by atoms with E-state index in [0.717, 1.165) is 5.56 Å². The van der Waals surface area contributed by atoms with Gasteiger partial charge in [-0.25, -0.2) is 4.39 Å². The number of carbonyl (C=O) groups excluding carboxylic acids is 3. The normalized spacial score (nSPS) is 9.64. The zero-order valence-electron chi connectivity index (χ0n) is 23.3. The number of aromatic nitrogens is 1. The highest BCUT2D eigenvalue weighted by molar-refractivity contribution is 6.08. The molecule has 3 amide bonds. The molecule has 0 aliphatic heterocycles. The zero-order chi connectivity index (χ0) is 29.7. The van der Waals surface area contributed by atoms with Crippen molar-refractivity contribution < 1.29 is 23.5 Å². The molecule has 39 heavy (non-hydrogen) atoms. The molecule has 1 heterocycles. The second-order valence-corrected chi connectivity index (χ2v) is 7.79. The highest BCUT2D eigenvalue weighted by atomic mass is 19.1. The molecule has 0 saturated carbocycles. The van der Waals surface area contributed by atoms with Crippen LogP contribution in [0.25, 0.3) is 0 Å². The highest BCUT2D eigenvalue weighted by Crippen LogP contribution is 2.36. The number of aryl methyl sites for hydroxylation is 1. The minimum Gasteiger partial charge on any atom is -0.494 e. The third-order valence-electron chi connectivity index (χ3n) is 5.37. The third kappa shape index (κ3) is 7.67.